The molecule has 0 saturated heterocycles. The van der Waals surface area contributed by atoms with Crippen molar-refractivity contribution >= 4 is 11.8 Å². The number of Topliss-reactive ketones (excluding diaryl/α,β-unsaturated/α-hetero) is 1. The Hall–Kier alpha value is -2.63. The molecule has 3 nitrogen and oxygen atoms in total. The summed E-state index contributed by atoms with van der Waals surface area (Å²) in [5.74, 6) is -1.51. The smallest absolute Gasteiger partial charge is 0.397 e. The number of aryl methyl sites for hydroxylation is 1. The van der Waals surface area contributed by atoms with Gasteiger partial charge < -0.3 is 5.11 Å². The molecule has 2 rings (SSSR count). The van der Waals surface area contributed by atoms with Gasteiger partial charge >= 0.3 is 12.1 Å². The molecule has 0 spiro atoms. The zero-order valence-electron chi connectivity index (χ0n) is 20.2. The van der Waals surface area contributed by atoms with E-state index in [1.165, 1.54) is 6.07 Å². The second-order valence-corrected chi connectivity index (χ2v) is 9.25. The van der Waals surface area contributed by atoms with Crippen LogP contribution in [0, 0.1) is 48.5 Å². The second-order valence-electron chi connectivity index (χ2n) is 9.25. The van der Waals surface area contributed by atoms with Crippen LogP contribution in [0.4, 0.5) is 13.2 Å². The van der Waals surface area contributed by atoms with Crippen LogP contribution in [0.3, 0.4) is 0 Å². The van der Waals surface area contributed by atoms with Crippen LogP contribution in [0.5, 0.6) is 0 Å². The highest BCUT2D eigenvalue weighted by Crippen LogP contribution is 2.43. The first kappa shape index (κ1) is 25.6. The average Bonchev–Trinajstić information content (AvgIpc) is 2.67. The topological polar surface area (TPSA) is 54.4 Å². The fourth-order valence-electron chi connectivity index (χ4n) is 4.39. The molecule has 0 amide bonds. The van der Waals surface area contributed by atoms with Crippen LogP contribution in [0.15, 0.2) is 6.07 Å². The Morgan fingerprint density at radius 3 is 1.69 bits per heavy atom. The molecular weight excluding hydrogens is 417 g/mol. The molecule has 1 N–H and O–H groups in total. The molecule has 2 aromatic rings. The first-order valence-corrected chi connectivity index (χ1v) is 10.5. The summed E-state index contributed by atoms with van der Waals surface area (Å²) in [5.41, 5.74) is 3.53. The van der Waals surface area contributed by atoms with Crippen molar-refractivity contribution in [3.63, 3.8) is 0 Å². The lowest BCUT2D eigenvalue weighted by atomic mass is 9.77. The average molecular weight is 449 g/mol. The van der Waals surface area contributed by atoms with E-state index in [1.807, 2.05) is 13.8 Å². The Labute approximate surface area is 187 Å². The number of benzene rings is 2. The molecule has 0 aliphatic rings. The molecule has 0 radical (unpaired) electrons. The quantitative estimate of drug-likeness (QED) is 0.511. The minimum atomic E-state index is -4.42. The third-order valence-electron chi connectivity index (χ3n) is 7.16. The zero-order valence-corrected chi connectivity index (χ0v) is 20.2. The van der Waals surface area contributed by atoms with E-state index < -0.39 is 17.6 Å². The molecule has 2 aromatic carbocycles. The Bertz CT molecular complexity index is 1120. The normalized spacial score (nSPS) is 12.2. The number of halogens is 3. The molecule has 0 bridgehead atoms. The number of ketones is 1. The lowest BCUT2D eigenvalue weighted by Crippen LogP contribution is -2.37. The van der Waals surface area contributed by atoms with Gasteiger partial charge in [-0.15, -0.1) is 0 Å². The predicted octanol–water partition coefficient (Wildman–Crippen LogP) is 6.81. The first-order chi connectivity index (χ1) is 14.4. The predicted molar refractivity (Wildman–Crippen MR) is 120 cm³/mol. The van der Waals surface area contributed by atoms with Crippen LogP contribution in [0.1, 0.15) is 84.6 Å². The summed E-state index contributed by atoms with van der Waals surface area (Å²) in [4.78, 5) is 25.4. The summed E-state index contributed by atoms with van der Waals surface area (Å²) in [6.07, 6.45) is -4.49. The van der Waals surface area contributed by atoms with Gasteiger partial charge in [-0.1, -0.05) is 6.07 Å². The van der Waals surface area contributed by atoms with Gasteiger partial charge in [0.15, 0.2) is 5.78 Å². The van der Waals surface area contributed by atoms with E-state index in [4.69, 9.17) is 0 Å². The molecule has 0 unspecified atom stereocenters. The van der Waals surface area contributed by atoms with Crippen LogP contribution in [-0.2, 0) is 11.8 Å². The van der Waals surface area contributed by atoms with E-state index in [2.05, 4.69) is 0 Å². The maximum atomic E-state index is 13.7. The number of hydrogen-bond acceptors (Lipinski definition) is 2. The van der Waals surface area contributed by atoms with E-state index in [9.17, 15) is 27.9 Å². The molecule has 0 saturated carbocycles. The second kappa shape index (κ2) is 8.38. The molecule has 0 aliphatic carbocycles. The van der Waals surface area contributed by atoms with Gasteiger partial charge in [-0.05, 0) is 112 Å². The van der Waals surface area contributed by atoms with Gasteiger partial charge in [-0.25, -0.2) is 4.79 Å². The van der Waals surface area contributed by atoms with Gasteiger partial charge in [0.2, 0.25) is 0 Å². The largest absolute Gasteiger partial charge is 0.478 e. The van der Waals surface area contributed by atoms with Crippen molar-refractivity contribution in [3.8, 4) is 0 Å². The summed E-state index contributed by atoms with van der Waals surface area (Å²) in [5, 5.41) is 9.80. The minimum absolute atomic E-state index is 0.00236. The molecule has 32 heavy (non-hydrogen) atoms. The first-order valence-electron chi connectivity index (χ1n) is 10.5. The third kappa shape index (κ3) is 4.07. The SMILES string of the molecule is Cc1cc(C(C)(C)C(F)(F)F)c(C)c(C)c1CC(=O)c1c(C)c(C)c(C)c(C)c1C(=O)O. The van der Waals surface area contributed by atoms with E-state index in [-0.39, 0.29) is 28.9 Å². The number of carbonyl (C=O) groups excluding carboxylic acids is 1. The van der Waals surface area contributed by atoms with Crippen LogP contribution < -0.4 is 0 Å². The van der Waals surface area contributed by atoms with E-state index >= 15 is 0 Å². The summed E-state index contributed by atoms with van der Waals surface area (Å²) in [6, 6.07) is 1.51. The molecule has 174 valence electrons. The third-order valence-corrected chi connectivity index (χ3v) is 7.16. The number of hydrogen-bond donors (Lipinski definition) is 1. The zero-order chi connectivity index (χ0) is 24.9. The van der Waals surface area contributed by atoms with Gasteiger partial charge in [0.1, 0.15) is 0 Å². The van der Waals surface area contributed by atoms with Crippen LogP contribution in [0.2, 0.25) is 0 Å². The fraction of sp³-hybridized carbons (Fsp3) is 0.462. The number of alkyl halides is 3. The Morgan fingerprint density at radius 1 is 0.781 bits per heavy atom. The van der Waals surface area contributed by atoms with Crippen molar-refractivity contribution in [1.29, 1.82) is 0 Å². The highest BCUT2D eigenvalue weighted by atomic mass is 19.4. The van der Waals surface area contributed by atoms with Gasteiger partial charge in [-0.3, -0.25) is 4.79 Å². The Morgan fingerprint density at radius 2 is 1.25 bits per heavy atom. The van der Waals surface area contributed by atoms with Crippen LogP contribution >= 0.6 is 0 Å². The van der Waals surface area contributed by atoms with E-state index in [1.54, 1.807) is 34.6 Å². The summed E-state index contributed by atoms with van der Waals surface area (Å²) in [6.45, 7) is 14.5. The van der Waals surface area contributed by atoms with Crippen molar-refractivity contribution in [3.05, 3.63) is 67.3 Å². The lowest BCUT2D eigenvalue weighted by Gasteiger charge is -2.31. The highest BCUT2D eigenvalue weighted by Gasteiger charge is 2.49. The van der Waals surface area contributed by atoms with Gasteiger partial charge in [0, 0.05) is 12.0 Å². The number of carboxylic acids is 1. The molecular formula is C26H31F3O3. The standard InChI is InChI=1S/C26H31F3O3/c1-12-10-20(25(8,9)26(27,28)29)16(5)15(4)19(12)11-21(30)22-17(6)13(2)14(3)18(7)23(22)24(31)32/h10H,11H2,1-9H3,(H,31,32). The summed E-state index contributed by atoms with van der Waals surface area (Å²) >= 11 is 0. The molecule has 0 fully saturated rings. The van der Waals surface area contributed by atoms with Gasteiger partial charge in [0.05, 0.1) is 11.0 Å². The molecule has 0 aliphatic heterocycles. The number of aromatic carboxylic acids is 1. The lowest BCUT2D eigenvalue weighted by molar-refractivity contribution is -0.180. The fourth-order valence-corrected chi connectivity index (χ4v) is 4.39. The maximum Gasteiger partial charge on any atom is 0.397 e. The molecule has 6 heteroatoms. The Kier molecular flexibility index (Phi) is 6.71. The van der Waals surface area contributed by atoms with Crippen molar-refractivity contribution in [2.24, 2.45) is 0 Å². The monoisotopic (exact) mass is 448 g/mol. The van der Waals surface area contributed by atoms with E-state index in [0.717, 1.165) is 25.0 Å². The van der Waals surface area contributed by atoms with E-state index in [0.29, 0.717) is 33.4 Å². The highest BCUT2D eigenvalue weighted by molar-refractivity contribution is 6.09. The van der Waals surface area contributed by atoms with Crippen molar-refractivity contribution in [1.82, 2.24) is 0 Å². The molecule has 0 atom stereocenters. The summed E-state index contributed by atoms with van der Waals surface area (Å²) in [7, 11) is 0. The maximum absolute atomic E-state index is 13.7. The van der Waals surface area contributed by atoms with Crippen molar-refractivity contribution in [2.75, 3.05) is 0 Å². The number of carboxylic acid groups (broad SMARTS) is 1. The minimum Gasteiger partial charge on any atom is -0.478 e. The van der Waals surface area contributed by atoms with Gasteiger partial charge in [0.25, 0.3) is 0 Å². The molecule has 0 aromatic heterocycles. The Balaban J connectivity index is 2.67. The summed E-state index contributed by atoms with van der Waals surface area (Å²) < 4.78 is 41.0. The van der Waals surface area contributed by atoms with Gasteiger partial charge in [-0.2, -0.15) is 13.2 Å². The molecule has 0 heterocycles. The number of carbonyl (C=O) groups is 2. The van der Waals surface area contributed by atoms with Crippen molar-refractivity contribution in [2.45, 2.75) is 80.3 Å². The van der Waals surface area contributed by atoms with Crippen LogP contribution in [-0.4, -0.2) is 23.0 Å². The number of rotatable bonds is 5. The van der Waals surface area contributed by atoms with Crippen LogP contribution in [0.25, 0.3) is 0 Å². The van der Waals surface area contributed by atoms with Crippen molar-refractivity contribution < 1.29 is 27.9 Å².